The summed E-state index contributed by atoms with van der Waals surface area (Å²) in [5, 5.41) is 0. The van der Waals surface area contributed by atoms with Gasteiger partial charge in [0.2, 0.25) is 20.0 Å². The molecule has 2 aliphatic rings. The van der Waals surface area contributed by atoms with Gasteiger partial charge in [-0.05, 0) is 63.2 Å². The molecule has 4 rings (SSSR count). The van der Waals surface area contributed by atoms with Crippen LogP contribution in [0.4, 0.5) is 0 Å². The van der Waals surface area contributed by atoms with Gasteiger partial charge >= 0.3 is 5.97 Å². The fourth-order valence-electron chi connectivity index (χ4n) is 4.71. The van der Waals surface area contributed by atoms with Gasteiger partial charge in [-0.25, -0.2) is 21.6 Å². The van der Waals surface area contributed by atoms with Crippen LogP contribution in [0.25, 0.3) is 0 Å². The molecule has 0 spiro atoms. The van der Waals surface area contributed by atoms with Gasteiger partial charge in [-0.1, -0.05) is 6.07 Å². The summed E-state index contributed by atoms with van der Waals surface area (Å²) < 4.78 is 66.0. The van der Waals surface area contributed by atoms with Crippen LogP contribution in [0.15, 0.2) is 58.3 Å². The monoisotopic (exact) mass is 579 g/mol. The van der Waals surface area contributed by atoms with E-state index in [1.54, 1.807) is 13.0 Å². The second-order valence-electron chi connectivity index (χ2n) is 9.55. The quantitative estimate of drug-likeness (QED) is 0.454. The SMILES string of the molecule is CCOC(=O)c1ccc(S(=O)(=O)N2CCN(C(=O)c3cccc(S(=O)(=O)N4C[C@@H](C)O[C@H](C)C4)c3)CC2)cc1. The lowest BCUT2D eigenvalue weighted by Crippen LogP contribution is -2.50. The molecule has 0 bridgehead atoms. The molecule has 0 unspecified atom stereocenters. The highest BCUT2D eigenvalue weighted by Crippen LogP contribution is 2.24. The molecule has 2 heterocycles. The third-order valence-electron chi connectivity index (χ3n) is 6.63. The van der Waals surface area contributed by atoms with E-state index in [9.17, 15) is 26.4 Å². The zero-order chi connectivity index (χ0) is 28.4. The molecule has 0 aromatic heterocycles. The van der Waals surface area contributed by atoms with Crippen molar-refractivity contribution in [3.05, 3.63) is 59.7 Å². The number of benzene rings is 2. The van der Waals surface area contributed by atoms with Crippen molar-refractivity contribution < 1.29 is 35.9 Å². The van der Waals surface area contributed by atoms with E-state index in [4.69, 9.17) is 9.47 Å². The van der Waals surface area contributed by atoms with E-state index < -0.39 is 26.0 Å². The number of sulfonamides is 2. The van der Waals surface area contributed by atoms with Crippen molar-refractivity contribution in [1.29, 1.82) is 0 Å². The lowest BCUT2D eigenvalue weighted by molar-refractivity contribution is -0.0440. The molecule has 0 saturated carbocycles. The Morgan fingerprint density at radius 2 is 1.41 bits per heavy atom. The molecule has 2 aromatic carbocycles. The predicted octanol–water partition coefficient (Wildman–Crippen LogP) is 1.81. The predicted molar refractivity (Wildman–Crippen MR) is 142 cm³/mol. The van der Waals surface area contributed by atoms with Crippen LogP contribution >= 0.6 is 0 Å². The van der Waals surface area contributed by atoms with Gasteiger partial charge in [0.05, 0.1) is 34.2 Å². The first-order chi connectivity index (χ1) is 18.4. The Morgan fingerprint density at radius 1 is 0.821 bits per heavy atom. The number of hydrogen-bond donors (Lipinski definition) is 0. The number of hydrogen-bond acceptors (Lipinski definition) is 8. The number of amides is 1. The summed E-state index contributed by atoms with van der Waals surface area (Å²) in [5.74, 6) is -0.897. The van der Waals surface area contributed by atoms with Gasteiger partial charge < -0.3 is 14.4 Å². The topological polar surface area (TPSA) is 131 Å². The van der Waals surface area contributed by atoms with Crippen molar-refractivity contribution in [2.24, 2.45) is 0 Å². The van der Waals surface area contributed by atoms with Crippen molar-refractivity contribution in [2.75, 3.05) is 45.9 Å². The summed E-state index contributed by atoms with van der Waals surface area (Å²) in [6, 6.07) is 11.5. The molecule has 0 radical (unpaired) electrons. The van der Waals surface area contributed by atoms with Gasteiger partial charge in [0.15, 0.2) is 0 Å². The van der Waals surface area contributed by atoms with Crippen LogP contribution in [0, 0.1) is 0 Å². The number of esters is 1. The summed E-state index contributed by atoms with van der Waals surface area (Å²) >= 11 is 0. The number of carbonyl (C=O) groups is 2. The Labute approximate surface area is 229 Å². The highest BCUT2D eigenvalue weighted by molar-refractivity contribution is 7.89. The normalized spacial score (nSPS) is 21.5. The number of rotatable bonds is 7. The molecule has 212 valence electrons. The Bertz CT molecular complexity index is 1410. The fourth-order valence-corrected chi connectivity index (χ4v) is 7.77. The second kappa shape index (κ2) is 11.7. The highest BCUT2D eigenvalue weighted by Gasteiger charge is 2.34. The van der Waals surface area contributed by atoms with E-state index in [1.807, 2.05) is 13.8 Å². The number of ether oxygens (including phenoxy) is 2. The van der Waals surface area contributed by atoms with E-state index in [0.29, 0.717) is 0 Å². The van der Waals surface area contributed by atoms with Crippen LogP contribution in [0.3, 0.4) is 0 Å². The first kappa shape index (κ1) is 29.2. The zero-order valence-electron chi connectivity index (χ0n) is 22.1. The molecule has 2 aliphatic heterocycles. The first-order valence-electron chi connectivity index (χ1n) is 12.8. The average molecular weight is 580 g/mol. The lowest BCUT2D eigenvalue weighted by atomic mass is 10.2. The third-order valence-corrected chi connectivity index (χ3v) is 10.4. The summed E-state index contributed by atoms with van der Waals surface area (Å²) in [5.41, 5.74) is 0.476. The number of piperazine rings is 1. The Kier molecular flexibility index (Phi) is 8.76. The van der Waals surface area contributed by atoms with Crippen LogP contribution in [-0.2, 0) is 29.5 Å². The van der Waals surface area contributed by atoms with Crippen molar-refractivity contribution in [3.8, 4) is 0 Å². The van der Waals surface area contributed by atoms with E-state index in [2.05, 4.69) is 0 Å². The molecule has 13 heteroatoms. The Morgan fingerprint density at radius 3 is 2.00 bits per heavy atom. The van der Waals surface area contributed by atoms with Crippen LogP contribution in [0.5, 0.6) is 0 Å². The fraction of sp³-hybridized carbons (Fsp3) is 0.462. The van der Waals surface area contributed by atoms with Crippen molar-refractivity contribution in [2.45, 2.75) is 42.8 Å². The van der Waals surface area contributed by atoms with E-state index in [1.165, 1.54) is 56.0 Å². The molecular formula is C26H33N3O8S2. The molecule has 0 aliphatic carbocycles. The minimum absolute atomic E-state index is 0.0297. The molecule has 2 fully saturated rings. The summed E-state index contributed by atoms with van der Waals surface area (Å²) in [6.45, 7) is 6.44. The Hall–Kier alpha value is -2.84. The maximum atomic E-state index is 13.3. The van der Waals surface area contributed by atoms with Gasteiger partial charge in [0, 0.05) is 44.8 Å². The molecule has 2 atom stereocenters. The number of morpholine rings is 1. The van der Waals surface area contributed by atoms with Crippen molar-refractivity contribution >= 4 is 31.9 Å². The minimum atomic E-state index is -3.83. The van der Waals surface area contributed by atoms with E-state index >= 15 is 0 Å². The van der Waals surface area contributed by atoms with Crippen molar-refractivity contribution in [3.63, 3.8) is 0 Å². The molecule has 39 heavy (non-hydrogen) atoms. The van der Waals surface area contributed by atoms with Crippen LogP contribution < -0.4 is 0 Å². The average Bonchev–Trinajstić information content (AvgIpc) is 2.92. The van der Waals surface area contributed by atoms with Crippen LogP contribution in [0.1, 0.15) is 41.5 Å². The summed E-state index contributed by atoms with van der Waals surface area (Å²) in [7, 11) is -7.65. The maximum absolute atomic E-state index is 13.3. The third kappa shape index (κ3) is 6.33. The summed E-state index contributed by atoms with van der Waals surface area (Å²) in [6.07, 6.45) is -0.479. The van der Waals surface area contributed by atoms with Gasteiger partial charge in [0.1, 0.15) is 0 Å². The molecule has 2 saturated heterocycles. The molecule has 1 amide bonds. The minimum Gasteiger partial charge on any atom is -0.462 e. The van der Waals surface area contributed by atoms with Crippen LogP contribution in [0.2, 0.25) is 0 Å². The Balaban J connectivity index is 1.42. The standard InChI is InChI=1S/C26H33N3O8S2/c1-4-36-26(31)21-8-10-23(11-9-21)38(32,33)28-14-12-27(13-15-28)25(30)22-6-5-7-24(16-22)39(34,35)29-17-19(2)37-20(3)18-29/h5-11,16,19-20H,4,12-15,17-18H2,1-3H3/t19-,20-/m1/s1. The molecular weight excluding hydrogens is 546 g/mol. The van der Waals surface area contributed by atoms with Gasteiger partial charge in [-0.15, -0.1) is 0 Å². The highest BCUT2D eigenvalue weighted by atomic mass is 32.2. The number of nitrogens with zero attached hydrogens (tertiary/aromatic N) is 3. The second-order valence-corrected chi connectivity index (χ2v) is 13.4. The summed E-state index contributed by atoms with van der Waals surface area (Å²) in [4.78, 5) is 26.7. The van der Waals surface area contributed by atoms with Gasteiger partial charge in [0.25, 0.3) is 5.91 Å². The van der Waals surface area contributed by atoms with Crippen molar-refractivity contribution in [1.82, 2.24) is 13.5 Å². The molecule has 11 nitrogen and oxygen atoms in total. The van der Waals surface area contributed by atoms with Crippen LogP contribution in [-0.4, -0.2) is 100 Å². The molecule has 2 aromatic rings. The first-order valence-corrected chi connectivity index (χ1v) is 15.6. The zero-order valence-corrected chi connectivity index (χ0v) is 23.8. The molecule has 0 N–H and O–H groups in total. The largest absolute Gasteiger partial charge is 0.462 e. The maximum Gasteiger partial charge on any atom is 0.338 e. The lowest BCUT2D eigenvalue weighted by Gasteiger charge is -2.35. The van der Waals surface area contributed by atoms with Gasteiger partial charge in [-0.2, -0.15) is 8.61 Å². The van der Waals surface area contributed by atoms with E-state index in [-0.39, 0.29) is 84.9 Å². The van der Waals surface area contributed by atoms with Gasteiger partial charge in [-0.3, -0.25) is 4.79 Å². The van der Waals surface area contributed by atoms with E-state index in [0.717, 1.165) is 0 Å². The smallest absolute Gasteiger partial charge is 0.338 e. The number of carbonyl (C=O) groups excluding carboxylic acids is 2.